The summed E-state index contributed by atoms with van der Waals surface area (Å²) in [5, 5.41) is 39.2. The number of carboxylic acid groups (broad SMARTS) is 1. The second-order valence-electron chi connectivity index (χ2n) is 9.26. The number of rotatable bonds is 11. The molecule has 0 aromatic carbocycles. The molecule has 8 atom stereocenters. The fourth-order valence-corrected chi connectivity index (χ4v) is 4.90. The van der Waals surface area contributed by atoms with Crippen molar-refractivity contribution in [2.45, 2.75) is 90.1 Å². The molecule has 4 N–H and O–H groups in total. The molecule has 0 heterocycles. The van der Waals surface area contributed by atoms with Gasteiger partial charge in [0.25, 0.3) is 0 Å². The van der Waals surface area contributed by atoms with Crippen LogP contribution in [0.5, 0.6) is 0 Å². The van der Waals surface area contributed by atoms with Gasteiger partial charge >= 0.3 is 11.9 Å². The lowest BCUT2D eigenvalue weighted by molar-refractivity contribution is -0.159. The Kier molecular flexibility index (Phi) is 9.72. The summed E-state index contributed by atoms with van der Waals surface area (Å²) in [5.74, 6) is -1.28. The number of allylic oxidation sites excluding steroid dienone is 2. The van der Waals surface area contributed by atoms with E-state index < -0.39 is 30.4 Å². The molecule has 0 radical (unpaired) electrons. The number of fused-ring (bicyclic) bond motifs is 1. The molecule has 0 aromatic heterocycles. The summed E-state index contributed by atoms with van der Waals surface area (Å²) < 4.78 is 5.90. The zero-order chi connectivity index (χ0) is 23.1. The fraction of sp³-hybridized carbons (Fsp3) is 0.750. The summed E-state index contributed by atoms with van der Waals surface area (Å²) >= 11 is 0. The molecule has 31 heavy (non-hydrogen) atoms. The van der Waals surface area contributed by atoms with Crippen LogP contribution < -0.4 is 0 Å². The molecule has 0 unspecified atom stereocenters. The maximum Gasteiger partial charge on any atom is 0.308 e. The quantitative estimate of drug-likeness (QED) is 0.366. The molecule has 0 spiro atoms. The number of carboxylic acids is 1. The number of hydrogen-bond donors (Lipinski definition) is 4. The largest absolute Gasteiger partial charge is 0.481 e. The molecule has 0 aliphatic heterocycles. The highest BCUT2D eigenvalue weighted by molar-refractivity contribution is 5.72. The van der Waals surface area contributed by atoms with E-state index in [2.05, 4.69) is 13.0 Å². The van der Waals surface area contributed by atoms with Crippen molar-refractivity contribution in [1.82, 2.24) is 0 Å². The summed E-state index contributed by atoms with van der Waals surface area (Å²) in [4.78, 5) is 23.3. The van der Waals surface area contributed by atoms with Gasteiger partial charge in [0.1, 0.15) is 6.10 Å². The van der Waals surface area contributed by atoms with Crippen molar-refractivity contribution in [3.05, 3.63) is 23.8 Å². The Morgan fingerprint density at radius 3 is 2.58 bits per heavy atom. The van der Waals surface area contributed by atoms with Gasteiger partial charge < -0.3 is 25.2 Å². The van der Waals surface area contributed by atoms with Crippen LogP contribution in [-0.4, -0.2) is 56.8 Å². The lowest BCUT2D eigenvalue weighted by Crippen LogP contribution is -2.43. The third-order valence-corrected chi connectivity index (χ3v) is 6.55. The van der Waals surface area contributed by atoms with Crippen LogP contribution in [0.15, 0.2) is 23.8 Å². The average molecular weight is 439 g/mol. The number of carbonyl (C=O) groups is 2. The smallest absolute Gasteiger partial charge is 0.308 e. The first-order chi connectivity index (χ1) is 14.6. The van der Waals surface area contributed by atoms with E-state index in [4.69, 9.17) is 9.84 Å². The highest BCUT2D eigenvalue weighted by Gasteiger charge is 2.42. The van der Waals surface area contributed by atoms with Crippen molar-refractivity contribution in [2.24, 2.45) is 23.7 Å². The Balaban J connectivity index is 2.09. The standard InChI is InChI=1S/C24H38O7/c1-4-5-15(3)24(30)31-21-12-18(26)10-16-7-6-14(2)20(23(16)21)9-8-17(25)11-19(27)13-22(28)29/h6-7,10,14-15,17-21,23,25-27H,4-5,8-9,11-13H2,1-3H3,(H,28,29)/t14-,15-,17+,18+,19+,20-,21+,23-/m0/s1. The maximum absolute atomic E-state index is 12.6. The number of carbonyl (C=O) groups excluding carboxylic acids is 1. The van der Waals surface area contributed by atoms with Gasteiger partial charge in [-0.2, -0.15) is 0 Å². The van der Waals surface area contributed by atoms with E-state index in [1.807, 2.05) is 26.0 Å². The number of hydrogen-bond acceptors (Lipinski definition) is 6. The molecule has 2 aliphatic carbocycles. The van der Waals surface area contributed by atoms with Crippen LogP contribution >= 0.6 is 0 Å². The molecule has 2 aliphatic rings. The molecule has 7 nitrogen and oxygen atoms in total. The molecular weight excluding hydrogens is 400 g/mol. The minimum absolute atomic E-state index is 0.0161. The second kappa shape index (κ2) is 11.8. The monoisotopic (exact) mass is 438 g/mol. The van der Waals surface area contributed by atoms with Crippen molar-refractivity contribution in [3.63, 3.8) is 0 Å². The molecular formula is C24H38O7. The van der Waals surface area contributed by atoms with Gasteiger partial charge in [-0.1, -0.05) is 45.4 Å². The minimum Gasteiger partial charge on any atom is -0.481 e. The van der Waals surface area contributed by atoms with Gasteiger partial charge in [0, 0.05) is 12.3 Å². The topological polar surface area (TPSA) is 124 Å². The van der Waals surface area contributed by atoms with Gasteiger partial charge in [0.15, 0.2) is 0 Å². The lowest BCUT2D eigenvalue weighted by Gasteiger charge is -2.43. The normalized spacial score (nSPS) is 30.6. The average Bonchev–Trinajstić information content (AvgIpc) is 2.66. The number of ether oxygens (including phenoxy) is 1. The Morgan fingerprint density at radius 1 is 1.23 bits per heavy atom. The third-order valence-electron chi connectivity index (χ3n) is 6.55. The van der Waals surface area contributed by atoms with Crippen molar-refractivity contribution in [3.8, 4) is 0 Å². The predicted molar refractivity (Wildman–Crippen MR) is 116 cm³/mol. The molecule has 0 saturated carbocycles. The summed E-state index contributed by atoms with van der Waals surface area (Å²) in [5.41, 5.74) is 0.961. The first-order valence-corrected chi connectivity index (χ1v) is 11.5. The second-order valence-corrected chi connectivity index (χ2v) is 9.26. The van der Waals surface area contributed by atoms with Gasteiger partial charge in [0.2, 0.25) is 0 Å². The first-order valence-electron chi connectivity index (χ1n) is 11.5. The number of aliphatic carboxylic acids is 1. The van der Waals surface area contributed by atoms with Crippen LogP contribution in [0.25, 0.3) is 0 Å². The van der Waals surface area contributed by atoms with Gasteiger partial charge in [0.05, 0.1) is 30.7 Å². The third kappa shape index (κ3) is 7.44. The molecule has 0 bridgehead atoms. The van der Waals surface area contributed by atoms with Crippen LogP contribution in [0.4, 0.5) is 0 Å². The van der Waals surface area contributed by atoms with Crippen LogP contribution in [0.1, 0.15) is 65.7 Å². The molecule has 0 saturated heterocycles. The molecule has 176 valence electrons. The summed E-state index contributed by atoms with van der Waals surface area (Å²) in [6, 6.07) is 0. The van der Waals surface area contributed by atoms with E-state index in [1.165, 1.54) is 0 Å². The highest BCUT2D eigenvalue weighted by Crippen LogP contribution is 2.44. The van der Waals surface area contributed by atoms with E-state index in [0.29, 0.717) is 19.3 Å². The molecule has 0 aromatic rings. The Morgan fingerprint density at radius 2 is 1.94 bits per heavy atom. The van der Waals surface area contributed by atoms with Crippen LogP contribution in [-0.2, 0) is 14.3 Å². The number of aliphatic hydroxyl groups is 3. The molecule has 7 heteroatoms. The van der Waals surface area contributed by atoms with Crippen molar-refractivity contribution in [1.29, 1.82) is 0 Å². The molecule has 0 amide bonds. The predicted octanol–water partition coefficient (Wildman–Crippen LogP) is 2.83. The Bertz CT molecular complexity index is 671. The summed E-state index contributed by atoms with van der Waals surface area (Å²) in [6.45, 7) is 5.98. The van der Waals surface area contributed by atoms with Crippen molar-refractivity contribution < 1.29 is 34.8 Å². The number of aliphatic hydroxyl groups excluding tert-OH is 3. The molecule has 0 fully saturated rings. The van der Waals surface area contributed by atoms with Gasteiger partial charge in [-0.3, -0.25) is 9.59 Å². The first kappa shape index (κ1) is 25.6. The minimum atomic E-state index is -1.09. The fourth-order valence-electron chi connectivity index (χ4n) is 4.90. The van der Waals surface area contributed by atoms with Gasteiger partial charge in [-0.15, -0.1) is 0 Å². The maximum atomic E-state index is 12.6. The zero-order valence-corrected chi connectivity index (χ0v) is 18.8. The van der Waals surface area contributed by atoms with Crippen molar-refractivity contribution in [2.75, 3.05) is 0 Å². The summed E-state index contributed by atoms with van der Waals surface area (Å²) in [7, 11) is 0. The van der Waals surface area contributed by atoms with Crippen molar-refractivity contribution >= 4 is 11.9 Å². The number of esters is 1. The summed E-state index contributed by atoms with van der Waals surface area (Å²) in [6.07, 6.45) is 5.62. The van der Waals surface area contributed by atoms with E-state index in [0.717, 1.165) is 18.4 Å². The Labute approximate surface area is 184 Å². The van der Waals surface area contributed by atoms with Crippen LogP contribution in [0, 0.1) is 23.7 Å². The molecule has 2 rings (SSSR count). The van der Waals surface area contributed by atoms with E-state index >= 15 is 0 Å². The van der Waals surface area contributed by atoms with Gasteiger partial charge in [-0.25, -0.2) is 0 Å². The SMILES string of the molecule is CCC[C@H](C)C(=O)O[C@@H]1C[C@H](O)C=C2C=C[C@H](C)[C@H](CC[C@@H](O)C[C@@H](O)CC(=O)O)[C@H]21. The Hall–Kier alpha value is -1.70. The van der Waals surface area contributed by atoms with E-state index in [9.17, 15) is 24.9 Å². The highest BCUT2D eigenvalue weighted by atomic mass is 16.5. The van der Waals surface area contributed by atoms with E-state index in [1.54, 1.807) is 0 Å². The zero-order valence-electron chi connectivity index (χ0n) is 18.8. The lowest BCUT2D eigenvalue weighted by atomic mass is 9.66. The van der Waals surface area contributed by atoms with E-state index in [-0.39, 0.29) is 42.5 Å². The van der Waals surface area contributed by atoms with Crippen LogP contribution in [0.2, 0.25) is 0 Å². The van der Waals surface area contributed by atoms with Gasteiger partial charge in [-0.05, 0) is 43.1 Å². The van der Waals surface area contributed by atoms with Crippen LogP contribution in [0.3, 0.4) is 0 Å².